The molecule has 1 aliphatic carbocycles. The van der Waals surface area contributed by atoms with Crippen LogP contribution in [0.3, 0.4) is 0 Å². The Morgan fingerprint density at radius 1 is 1.50 bits per heavy atom. The highest BCUT2D eigenvalue weighted by atomic mass is 79.9. The van der Waals surface area contributed by atoms with Crippen LogP contribution in [0.15, 0.2) is 22.8 Å². The lowest BCUT2D eigenvalue weighted by Crippen LogP contribution is -2.23. The highest BCUT2D eigenvalue weighted by Gasteiger charge is 2.20. The average molecular weight is 283 g/mol. The Labute approximate surface area is 106 Å². The first-order valence-electron chi connectivity index (χ1n) is 6.08. The lowest BCUT2D eigenvalue weighted by Gasteiger charge is -2.11. The van der Waals surface area contributed by atoms with Crippen LogP contribution < -0.4 is 5.32 Å². The van der Waals surface area contributed by atoms with Crippen LogP contribution in [0.5, 0.6) is 0 Å². The first kappa shape index (κ1) is 12.1. The number of rotatable bonds is 6. The molecule has 0 saturated heterocycles. The molecule has 3 heteroatoms. The lowest BCUT2D eigenvalue weighted by molar-refractivity contribution is 0.477. The summed E-state index contributed by atoms with van der Waals surface area (Å²) in [5, 5.41) is 3.57. The van der Waals surface area contributed by atoms with Gasteiger partial charge in [-0.25, -0.2) is 0 Å². The Hall–Kier alpha value is -0.410. The normalized spacial score (nSPS) is 17.4. The number of aromatic nitrogens is 1. The summed E-state index contributed by atoms with van der Waals surface area (Å²) in [7, 11) is 0. The van der Waals surface area contributed by atoms with Crippen LogP contribution in [0.2, 0.25) is 0 Å². The minimum atomic E-state index is 0.742. The zero-order chi connectivity index (χ0) is 11.4. The molecule has 1 fully saturated rings. The molecule has 16 heavy (non-hydrogen) atoms. The summed E-state index contributed by atoms with van der Waals surface area (Å²) in [4.78, 5) is 4.39. The van der Waals surface area contributed by atoms with Crippen molar-refractivity contribution in [1.82, 2.24) is 10.3 Å². The summed E-state index contributed by atoms with van der Waals surface area (Å²) < 4.78 is 1.06. The molecule has 0 bridgehead atoms. The summed E-state index contributed by atoms with van der Waals surface area (Å²) in [6.45, 7) is 3.47. The minimum absolute atomic E-state index is 0.742. The number of nitrogens with one attached hydrogen (secondary N) is 1. The first-order chi connectivity index (χ1) is 7.74. The van der Waals surface area contributed by atoms with Gasteiger partial charge in [0.2, 0.25) is 0 Å². The molecule has 2 rings (SSSR count). The van der Waals surface area contributed by atoms with E-state index >= 15 is 0 Å². The molecule has 2 nitrogen and oxygen atoms in total. The third-order valence-corrected chi connectivity index (χ3v) is 3.48. The monoisotopic (exact) mass is 282 g/mol. The molecular weight excluding hydrogens is 264 g/mol. The van der Waals surface area contributed by atoms with E-state index in [0.29, 0.717) is 0 Å². The van der Waals surface area contributed by atoms with Crippen LogP contribution >= 0.6 is 15.9 Å². The highest BCUT2D eigenvalue weighted by molar-refractivity contribution is 9.10. The second-order valence-corrected chi connectivity index (χ2v) is 5.71. The van der Waals surface area contributed by atoms with Crippen LogP contribution in [0.1, 0.15) is 31.9 Å². The van der Waals surface area contributed by atoms with Gasteiger partial charge in [-0.05, 0) is 66.2 Å². The lowest BCUT2D eigenvalue weighted by atomic mass is 10.0. The summed E-state index contributed by atoms with van der Waals surface area (Å²) in [6.07, 6.45) is 6.93. The van der Waals surface area contributed by atoms with E-state index in [9.17, 15) is 0 Å². The number of halogens is 1. The summed E-state index contributed by atoms with van der Waals surface area (Å²) >= 11 is 3.40. The van der Waals surface area contributed by atoms with Crippen molar-refractivity contribution in [3.8, 4) is 0 Å². The van der Waals surface area contributed by atoms with E-state index in [1.807, 2.05) is 6.20 Å². The maximum atomic E-state index is 4.39. The minimum Gasteiger partial charge on any atom is -0.314 e. The van der Waals surface area contributed by atoms with Crippen molar-refractivity contribution in [2.45, 2.75) is 38.6 Å². The first-order valence-corrected chi connectivity index (χ1v) is 6.87. The molecule has 0 aliphatic heterocycles. The van der Waals surface area contributed by atoms with Gasteiger partial charge >= 0.3 is 0 Å². The quantitative estimate of drug-likeness (QED) is 0.867. The Balaban J connectivity index is 1.67. The number of hydrogen-bond donors (Lipinski definition) is 1. The Morgan fingerprint density at radius 2 is 2.31 bits per heavy atom. The largest absolute Gasteiger partial charge is 0.314 e. The number of hydrogen-bond acceptors (Lipinski definition) is 2. The third-order valence-electron chi connectivity index (χ3n) is 3.01. The molecule has 1 aromatic heterocycles. The number of pyridine rings is 1. The highest BCUT2D eigenvalue weighted by Crippen LogP contribution is 2.19. The van der Waals surface area contributed by atoms with Crippen LogP contribution in [0.25, 0.3) is 0 Å². The van der Waals surface area contributed by atoms with Gasteiger partial charge in [0.15, 0.2) is 0 Å². The van der Waals surface area contributed by atoms with Gasteiger partial charge in [-0.2, -0.15) is 0 Å². The third kappa shape index (κ3) is 4.22. The summed E-state index contributed by atoms with van der Waals surface area (Å²) in [6, 6.07) is 4.99. The van der Waals surface area contributed by atoms with Crippen molar-refractivity contribution in [3.63, 3.8) is 0 Å². The Bertz CT molecular complexity index is 319. The number of nitrogens with zero attached hydrogens (tertiary/aromatic N) is 1. The fourth-order valence-electron chi connectivity index (χ4n) is 1.71. The van der Waals surface area contributed by atoms with Crippen molar-refractivity contribution in [3.05, 3.63) is 28.5 Å². The second-order valence-electron chi connectivity index (χ2n) is 4.79. The number of aryl methyl sites for hydroxylation is 1. The van der Waals surface area contributed by atoms with Gasteiger partial charge in [-0.3, -0.25) is 4.98 Å². The summed E-state index contributed by atoms with van der Waals surface area (Å²) in [5.41, 5.74) is 1.20. The second kappa shape index (κ2) is 5.78. The van der Waals surface area contributed by atoms with E-state index in [-0.39, 0.29) is 0 Å². The van der Waals surface area contributed by atoms with E-state index in [4.69, 9.17) is 0 Å². The Kier molecular flexibility index (Phi) is 4.36. The zero-order valence-corrected chi connectivity index (χ0v) is 11.3. The molecule has 1 saturated carbocycles. The van der Waals surface area contributed by atoms with Gasteiger partial charge in [0.05, 0.1) is 0 Å². The van der Waals surface area contributed by atoms with Gasteiger partial charge < -0.3 is 5.32 Å². The van der Waals surface area contributed by atoms with Crippen molar-refractivity contribution in [2.75, 3.05) is 6.54 Å². The summed E-state index contributed by atoms with van der Waals surface area (Å²) in [5.74, 6) is 0.742. The van der Waals surface area contributed by atoms with E-state index in [2.05, 4.69) is 45.3 Å². The maximum absolute atomic E-state index is 4.39. The molecule has 88 valence electrons. The van der Waals surface area contributed by atoms with Gasteiger partial charge in [0.25, 0.3) is 0 Å². The van der Waals surface area contributed by atoms with Crippen LogP contribution in [-0.4, -0.2) is 17.6 Å². The molecule has 1 aromatic rings. The smallest absolute Gasteiger partial charge is 0.0413 e. The zero-order valence-electron chi connectivity index (χ0n) is 9.75. The van der Waals surface area contributed by atoms with Crippen LogP contribution in [-0.2, 0) is 6.42 Å². The molecule has 1 unspecified atom stereocenters. The molecular formula is C13H19BrN2. The standard InChI is InChI=1S/C13H19BrN2/c1-10(8-15-13-6-7-13)2-4-12-5-3-11(14)9-16-12/h3,5,9-10,13,15H,2,4,6-8H2,1H3. The maximum Gasteiger partial charge on any atom is 0.0413 e. The van der Waals surface area contributed by atoms with Gasteiger partial charge in [0.1, 0.15) is 0 Å². The fourth-order valence-corrected chi connectivity index (χ4v) is 1.94. The van der Waals surface area contributed by atoms with E-state index < -0.39 is 0 Å². The predicted octanol–water partition coefficient (Wildman–Crippen LogP) is 3.16. The fraction of sp³-hybridized carbons (Fsp3) is 0.615. The Morgan fingerprint density at radius 3 is 2.94 bits per heavy atom. The van der Waals surface area contributed by atoms with Gasteiger partial charge in [-0.1, -0.05) is 6.92 Å². The van der Waals surface area contributed by atoms with E-state index in [0.717, 1.165) is 29.4 Å². The molecule has 0 spiro atoms. The molecule has 0 amide bonds. The van der Waals surface area contributed by atoms with E-state index in [1.165, 1.54) is 25.0 Å². The van der Waals surface area contributed by atoms with Crippen molar-refractivity contribution >= 4 is 15.9 Å². The molecule has 1 N–H and O–H groups in total. The molecule has 0 aromatic carbocycles. The van der Waals surface area contributed by atoms with Crippen molar-refractivity contribution < 1.29 is 0 Å². The molecule has 1 heterocycles. The van der Waals surface area contributed by atoms with Gasteiger partial charge in [-0.15, -0.1) is 0 Å². The van der Waals surface area contributed by atoms with Crippen molar-refractivity contribution in [2.24, 2.45) is 5.92 Å². The predicted molar refractivity (Wildman–Crippen MR) is 70.4 cm³/mol. The van der Waals surface area contributed by atoms with Crippen molar-refractivity contribution in [1.29, 1.82) is 0 Å². The molecule has 1 atom stereocenters. The SMILES string of the molecule is CC(CCc1ccc(Br)cn1)CNC1CC1. The van der Waals surface area contributed by atoms with Crippen LogP contribution in [0.4, 0.5) is 0 Å². The van der Waals surface area contributed by atoms with E-state index in [1.54, 1.807) is 0 Å². The molecule has 0 radical (unpaired) electrons. The molecule has 1 aliphatic rings. The topological polar surface area (TPSA) is 24.9 Å². The van der Waals surface area contributed by atoms with Crippen LogP contribution in [0, 0.1) is 5.92 Å². The van der Waals surface area contributed by atoms with Gasteiger partial charge in [0, 0.05) is 22.4 Å². The average Bonchev–Trinajstić information content (AvgIpc) is 3.09.